The van der Waals surface area contributed by atoms with Crippen LogP contribution in [0.4, 0.5) is 5.13 Å². The molecule has 2 saturated heterocycles. The van der Waals surface area contributed by atoms with E-state index in [1.165, 1.54) is 25.7 Å². The van der Waals surface area contributed by atoms with Crippen molar-refractivity contribution in [3.8, 4) is 0 Å². The lowest BCUT2D eigenvalue weighted by Crippen LogP contribution is -2.40. The maximum absolute atomic E-state index is 12.6. The van der Waals surface area contributed by atoms with Gasteiger partial charge in [0.05, 0.1) is 12.1 Å². The van der Waals surface area contributed by atoms with Gasteiger partial charge in [0.15, 0.2) is 0 Å². The highest BCUT2D eigenvalue weighted by atomic mass is 32.1. The van der Waals surface area contributed by atoms with Crippen LogP contribution in [0.2, 0.25) is 0 Å². The molecule has 21 heavy (non-hydrogen) atoms. The van der Waals surface area contributed by atoms with Gasteiger partial charge in [-0.15, -0.1) is 10.2 Å². The highest BCUT2D eigenvalue weighted by molar-refractivity contribution is 7.13. The number of anilines is 1. The maximum Gasteiger partial charge on any atom is 0.223 e. The van der Waals surface area contributed by atoms with Crippen molar-refractivity contribution in [1.29, 1.82) is 0 Å². The minimum absolute atomic E-state index is 0.397. The number of aromatic nitrogens is 2. The van der Waals surface area contributed by atoms with E-state index in [9.17, 15) is 4.79 Å². The lowest BCUT2D eigenvalue weighted by atomic mass is 10.0. The zero-order valence-electron chi connectivity index (χ0n) is 12.3. The Balaban J connectivity index is 1.42. The fourth-order valence-corrected chi connectivity index (χ4v) is 5.05. The van der Waals surface area contributed by atoms with Crippen LogP contribution in [-0.4, -0.2) is 46.2 Å². The quantitative estimate of drug-likeness (QED) is 0.860. The normalized spacial score (nSPS) is 29.3. The molecule has 0 bridgehead atoms. The molecule has 1 aromatic rings. The average Bonchev–Trinajstić information content (AvgIpc) is 3.24. The Morgan fingerprint density at radius 2 is 2.00 bits per heavy atom. The molecule has 1 saturated carbocycles. The van der Waals surface area contributed by atoms with Gasteiger partial charge in [0, 0.05) is 19.5 Å². The first-order chi connectivity index (χ1) is 10.3. The molecule has 6 heteroatoms. The van der Waals surface area contributed by atoms with Gasteiger partial charge in [0.1, 0.15) is 5.51 Å². The lowest BCUT2D eigenvalue weighted by Gasteiger charge is -2.26. The van der Waals surface area contributed by atoms with E-state index in [-0.39, 0.29) is 0 Å². The van der Waals surface area contributed by atoms with Gasteiger partial charge in [0.25, 0.3) is 0 Å². The molecule has 2 aliphatic heterocycles. The number of likely N-dealkylation sites (tertiary alicyclic amines) is 1. The van der Waals surface area contributed by atoms with E-state index in [2.05, 4.69) is 20.0 Å². The molecule has 0 unspecified atom stereocenters. The van der Waals surface area contributed by atoms with Crippen LogP contribution in [0.25, 0.3) is 0 Å². The molecule has 3 fully saturated rings. The van der Waals surface area contributed by atoms with Gasteiger partial charge in [-0.3, -0.25) is 4.79 Å². The van der Waals surface area contributed by atoms with Crippen molar-refractivity contribution in [1.82, 2.24) is 15.1 Å². The monoisotopic (exact) mass is 306 g/mol. The Labute approximate surface area is 129 Å². The number of carbonyl (C=O) groups is 1. The number of hydrogen-bond donors (Lipinski definition) is 0. The highest BCUT2D eigenvalue weighted by Gasteiger charge is 2.45. The van der Waals surface area contributed by atoms with Gasteiger partial charge in [-0.2, -0.15) is 0 Å². The third kappa shape index (κ3) is 2.43. The molecule has 3 aliphatic rings. The second-order valence-corrected chi connectivity index (χ2v) is 7.38. The van der Waals surface area contributed by atoms with Crippen LogP contribution in [0.1, 0.15) is 44.9 Å². The van der Waals surface area contributed by atoms with Gasteiger partial charge in [-0.25, -0.2) is 0 Å². The van der Waals surface area contributed by atoms with Gasteiger partial charge in [-0.05, 0) is 31.6 Å². The van der Waals surface area contributed by atoms with Crippen LogP contribution >= 0.6 is 11.3 Å². The molecule has 3 heterocycles. The summed E-state index contributed by atoms with van der Waals surface area (Å²) >= 11 is 1.61. The predicted octanol–water partition coefficient (Wildman–Crippen LogP) is 2.30. The molecule has 0 radical (unpaired) electrons. The predicted molar refractivity (Wildman–Crippen MR) is 82.4 cm³/mol. The fraction of sp³-hybridized carbons (Fsp3) is 0.800. The van der Waals surface area contributed by atoms with Crippen LogP contribution < -0.4 is 4.90 Å². The summed E-state index contributed by atoms with van der Waals surface area (Å²) in [6.45, 7) is 1.94. The first-order valence-corrected chi connectivity index (χ1v) is 9.03. The first-order valence-electron chi connectivity index (χ1n) is 8.15. The second-order valence-electron chi connectivity index (χ2n) is 6.57. The molecule has 4 rings (SSSR count). The zero-order chi connectivity index (χ0) is 14.2. The first kappa shape index (κ1) is 13.5. The van der Waals surface area contributed by atoms with Crippen LogP contribution in [0, 0.1) is 5.92 Å². The second kappa shape index (κ2) is 5.55. The van der Waals surface area contributed by atoms with Crippen molar-refractivity contribution in [3.63, 3.8) is 0 Å². The van der Waals surface area contributed by atoms with Crippen molar-refractivity contribution < 1.29 is 4.79 Å². The largest absolute Gasteiger partial charge is 0.341 e. The highest BCUT2D eigenvalue weighted by Crippen LogP contribution is 2.37. The minimum Gasteiger partial charge on any atom is -0.341 e. The van der Waals surface area contributed by atoms with E-state index >= 15 is 0 Å². The van der Waals surface area contributed by atoms with Crippen molar-refractivity contribution in [2.45, 2.75) is 57.0 Å². The summed E-state index contributed by atoms with van der Waals surface area (Å²) in [6.07, 6.45) is 8.09. The summed E-state index contributed by atoms with van der Waals surface area (Å²) in [5.41, 5.74) is 1.79. The summed E-state index contributed by atoms with van der Waals surface area (Å²) in [4.78, 5) is 17.2. The van der Waals surface area contributed by atoms with Crippen molar-refractivity contribution >= 4 is 22.4 Å². The summed E-state index contributed by atoms with van der Waals surface area (Å²) < 4.78 is 0. The number of hydrogen-bond acceptors (Lipinski definition) is 5. The smallest absolute Gasteiger partial charge is 0.223 e. The number of fused-ring (bicyclic) bond motifs is 1. The molecule has 1 amide bonds. The van der Waals surface area contributed by atoms with E-state index in [0.717, 1.165) is 37.5 Å². The topological polar surface area (TPSA) is 49.3 Å². The zero-order valence-corrected chi connectivity index (χ0v) is 13.1. The number of amides is 1. The van der Waals surface area contributed by atoms with E-state index in [0.29, 0.717) is 23.9 Å². The minimum atomic E-state index is 0.397. The summed E-state index contributed by atoms with van der Waals surface area (Å²) in [6, 6.07) is 0.869. The Morgan fingerprint density at radius 1 is 1.19 bits per heavy atom. The summed E-state index contributed by atoms with van der Waals surface area (Å²) in [5.74, 6) is 1.05. The van der Waals surface area contributed by atoms with Gasteiger partial charge >= 0.3 is 0 Å². The van der Waals surface area contributed by atoms with E-state index in [1.807, 2.05) is 0 Å². The number of rotatable bonds is 3. The van der Waals surface area contributed by atoms with Crippen LogP contribution in [0.15, 0.2) is 5.51 Å². The van der Waals surface area contributed by atoms with E-state index in [1.54, 1.807) is 16.8 Å². The molecule has 1 aliphatic carbocycles. The van der Waals surface area contributed by atoms with E-state index < -0.39 is 0 Å². The van der Waals surface area contributed by atoms with Gasteiger partial charge < -0.3 is 9.80 Å². The van der Waals surface area contributed by atoms with Crippen LogP contribution in [-0.2, 0) is 4.79 Å². The van der Waals surface area contributed by atoms with Crippen LogP contribution in [0.5, 0.6) is 0 Å². The lowest BCUT2D eigenvalue weighted by molar-refractivity contribution is -0.132. The molecule has 0 spiro atoms. The molecular formula is C15H22N4OS. The molecule has 114 valence electrons. The van der Waals surface area contributed by atoms with Crippen molar-refractivity contribution in [3.05, 3.63) is 5.51 Å². The SMILES string of the molecule is O=C(CC1CCCC1)N1CC[C@H]2[C@H]1CCN2c1nncs1. The van der Waals surface area contributed by atoms with Crippen LogP contribution in [0.3, 0.4) is 0 Å². The summed E-state index contributed by atoms with van der Waals surface area (Å²) in [5, 5.41) is 9.17. The molecule has 0 N–H and O–H groups in total. The van der Waals surface area contributed by atoms with E-state index in [4.69, 9.17) is 0 Å². The number of carbonyl (C=O) groups excluding carboxylic acids is 1. The molecule has 1 aromatic heterocycles. The van der Waals surface area contributed by atoms with Gasteiger partial charge in [-0.1, -0.05) is 24.2 Å². The standard InChI is InChI=1S/C15H22N4OS/c20-14(9-11-3-1-2-4-11)18-7-5-13-12(18)6-8-19(13)15-17-16-10-21-15/h10-13H,1-9H2/t12-,13+/m1/s1. The third-order valence-corrected chi connectivity index (χ3v) is 6.16. The van der Waals surface area contributed by atoms with Gasteiger partial charge in [0.2, 0.25) is 11.0 Å². The average molecular weight is 306 g/mol. The third-order valence-electron chi connectivity index (χ3n) is 5.43. The Hall–Kier alpha value is -1.17. The Kier molecular flexibility index (Phi) is 3.57. The fourth-order valence-electron chi connectivity index (χ4n) is 4.40. The Morgan fingerprint density at radius 3 is 2.76 bits per heavy atom. The van der Waals surface area contributed by atoms with Crippen molar-refractivity contribution in [2.24, 2.45) is 5.92 Å². The molecule has 5 nitrogen and oxygen atoms in total. The maximum atomic E-state index is 12.6. The molecular weight excluding hydrogens is 284 g/mol. The number of nitrogens with zero attached hydrogens (tertiary/aromatic N) is 4. The molecule has 0 aromatic carbocycles. The van der Waals surface area contributed by atoms with Crippen molar-refractivity contribution in [2.75, 3.05) is 18.0 Å². The summed E-state index contributed by atoms with van der Waals surface area (Å²) in [7, 11) is 0. The molecule has 2 atom stereocenters. The Bertz CT molecular complexity index is 500.